The van der Waals surface area contributed by atoms with E-state index in [0.29, 0.717) is 0 Å². The first kappa shape index (κ1) is 7.94. The van der Waals surface area contributed by atoms with Gasteiger partial charge in [-0.2, -0.15) is 5.10 Å². The summed E-state index contributed by atoms with van der Waals surface area (Å²) in [7, 11) is 1.89. The molecule has 0 saturated carbocycles. The van der Waals surface area contributed by atoms with Crippen molar-refractivity contribution in [3.8, 4) is 10.7 Å². The molecule has 0 atom stereocenters. The molecule has 2 aromatic rings. The molecule has 62 valence electrons. The Morgan fingerprint density at radius 3 is 2.92 bits per heavy atom. The van der Waals surface area contributed by atoms with Crippen molar-refractivity contribution in [1.29, 1.82) is 0 Å². The number of rotatable bonds is 1. The molecule has 0 aliphatic heterocycles. The third-order valence-electron chi connectivity index (χ3n) is 1.41. The van der Waals surface area contributed by atoms with Crippen LogP contribution in [0.2, 0.25) is 0 Å². The monoisotopic (exact) mass is 243 g/mol. The quantitative estimate of drug-likeness (QED) is 0.770. The Balaban J connectivity index is 2.43. The average Bonchev–Trinajstić information content (AvgIpc) is 2.58. The molecule has 0 fully saturated rings. The van der Waals surface area contributed by atoms with E-state index in [1.165, 1.54) is 0 Å². The fourth-order valence-electron chi connectivity index (χ4n) is 0.901. The Kier molecular flexibility index (Phi) is 1.98. The minimum absolute atomic E-state index is 0.869. The van der Waals surface area contributed by atoms with Crippen LogP contribution < -0.4 is 0 Å². The Morgan fingerprint density at radius 2 is 2.42 bits per heavy atom. The van der Waals surface area contributed by atoms with E-state index in [1.807, 2.05) is 24.7 Å². The number of halogens is 1. The third-order valence-corrected chi connectivity index (χ3v) is 2.98. The number of thiazole rings is 1. The molecular weight excluding hydrogens is 238 g/mol. The van der Waals surface area contributed by atoms with Crippen LogP contribution in [-0.2, 0) is 7.05 Å². The largest absolute Gasteiger partial charge is 0.275 e. The van der Waals surface area contributed by atoms with Crippen LogP contribution in [0.1, 0.15) is 0 Å². The van der Waals surface area contributed by atoms with E-state index in [9.17, 15) is 0 Å². The Bertz CT molecular complexity index is 355. The van der Waals surface area contributed by atoms with Crippen molar-refractivity contribution in [3.05, 3.63) is 22.2 Å². The topological polar surface area (TPSA) is 30.7 Å². The van der Waals surface area contributed by atoms with Crippen molar-refractivity contribution in [3.63, 3.8) is 0 Å². The summed E-state index contributed by atoms with van der Waals surface area (Å²) in [6.45, 7) is 0. The van der Waals surface area contributed by atoms with E-state index in [4.69, 9.17) is 0 Å². The molecule has 2 aromatic heterocycles. The zero-order valence-corrected chi connectivity index (χ0v) is 8.76. The predicted octanol–water partition coefficient (Wildman–Crippen LogP) is 2.31. The highest BCUT2D eigenvalue weighted by atomic mass is 79.9. The molecule has 0 radical (unpaired) electrons. The fourth-order valence-corrected chi connectivity index (χ4v) is 2.12. The van der Waals surface area contributed by atoms with Crippen molar-refractivity contribution >= 4 is 27.3 Å². The smallest absolute Gasteiger partial charge is 0.145 e. The van der Waals surface area contributed by atoms with Gasteiger partial charge >= 0.3 is 0 Å². The average molecular weight is 244 g/mol. The molecule has 0 bridgehead atoms. The van der Waals surface area contributed by atoms with Crippen LogP contribution in [0, 0.1) is 0 Å². The lowest BCUT2D eigenvalue weighted by atomic mass is 10.5. The zero-order valence-electron chi connectivity index (χ0n) is 6.36. The van der Waals surface area contributed by atoms with Gasteiger partial charge in [0.2, 0.25) is 0 Å². The van der Waals surface area contributed by atoms with Crippen LogP contribution in [0.25, 0.3) is 10.7 Å². The number of aryl methyl sites for hydroxylation is 1. The van der Waals surface area contributed by atoms with Crippen LogP contribution in [0.15, 0.2) is 22.2 Å². The lowest BCUT2D eigenvalue weighted by Crippen LogP contribution is -1.87. The van der Waals surface area contributed by atoms with Crippen molar-refractivity contribution in [2.45, 2.75) is 0 Å². The normalized spacial score (nSPS) is 10.5. The SMILES string of the molecule is Cn1ccc(-c2nc(Br)cs2)n1. The van der Waals surface area contributed by atoms with Gasteiger partial charge in [-0.1, -0.05) is 0 Å². The lowest BCUT2D eigenvalue weighted by molar-refractivity contribution is 0.770. The maximum atomic E-state index is 4.25. The molecule has 0 N–H and O–H groups in total. The second-order valence-electron chi connectivity index (χ2n) is 2.35. The summed E-state index contributed by atoms with van der Waals surface area (Å²) in [6.07, 6.45) is 1.91. The fraction of sp³-hybridized carbons (Fsp3) is 0.143. The minimum Gasteiger partial charge on any atom is -0.275 e. The van der Waals surface area contributed by atoms with Crippen LogP contribution in [0.4, 0.5) is 0 Å². The third kappa shape index (κ3) is 1.42. The standard InChI is InChI=1S/C7H6BrN3S/c1-11-3-2-5(10-11)7-9-6(8)4-12-7/h2-4H,1H3. The van der Waals surface area contributed by atoms with Crippen LogP contribution in [0.5, 0.6) is 0 Å². The summed E-state index contributed by atoms with van der Waals surface area (Å²) in [5.41, 5.74) is 0.924. The van der Waals surface area contributed by atoms with Gasteiger partial charge in [-0.05, 0) is 22.0 Å². The van der Waals surface area contributed by atoms with E-state index in [-0.39, 0.29) is 0 Å². The molecule has 3 nitrogen and oxygen atoms in total. The molecule has 0 amide bonds. The molecule has 2 rings (SSSR count). The highest BCUT2D eigenvalue weighted by molar-refractivity contribution is 9.10. The molecule has 2 heterocycles. The molecular formula is C7H6BrN3S. The molecule has 0 spiro atoms. The summed E-state index contributed by atoms with van der Waals surface area (Å²) in [6, 6.07) is 1.95. The van der Waals surface area contributed by atoms with Gasteiger partial charge in [0.15, 0.2) is 0 Å². The summed E-state index contributed by atoms with van der Waals surface area (Å²) in [4.78, 5) is 4.25. The first-order chi connectivity index (χ1) is 5.75. The Labute approximate surface area is 82.2 Å². The predicted molar refractivity (Wildman–Crippen MR) is 52.0 cm³/mol. The maximum Gasteiger partial charge on any atom is 0.145 e. The van der Waals surface area contributed by atoms with Crippen molar-refractivity contribution in [2.24, 2.45) is 7.05 Å². The van der Waals surface area contributed by atoms with Crippen LogP contribution in [-0.4, -0.2) is 14.8 Å². The van der Waals surface area contributed by atoms with Crippen LogP contribution in [0.3, 0.4) is 0 Å². The first-order valence-corrected chi connectivity index (χ1v) is 5.04. The molecule has 0 unspecified atom stereocenters. The zero-order chi connectivity index (χ0) is 8.55. The summed E-state index contributed by atoms with van der Waals surface area (Å²) < 4.78 is 2.64. The Hall–Kier alpha value is -0.680. The Morgan fingerprint density at radius 1 is 1.58 bits per heavy atom. The molecule has 12 heavy (non-hydrogen) atoms. The molecule has 5 heteroatoms. The van der Waals surface area contributed by atoms with E-state index in [0.717, 1.165) is 15.3 Å². The van der Waals surface area contributed by atoms with Gasteiger partial charge in [-0.3, -0.25) is 4.68 Å². The van der Waals surface area contributed by atoms with Gasteiger partial charge < -0.3 is 0 Å². The van der Waals surface area contributed by atoms with Crippen LogP contribution >= 0.6 is 27.3 Å². The molecule has 0 aromatic carbocycles. The van der Waals surface area contributed by atoms with Crippen molar-refractivity contribution < 1.29 is 0 Å². The van der Waals surface area contributed by atoms with E-state index in [1.54, 1.807) is 16.0 Å². The highest BCUT2D eigenvalue weighted by Gasteiger charge is 2.04. The van der Waals surface area contributed by atoms with Gasteiger partial charge in [0, 0.05) is 18.6 Å². The number of hydrogen-bond donors (Lipinski definition) is 0. The summed E-state index contributed by atoms with van der Waals surface area (Å²) >= 11 is 4.88. The van der Waals surface area contributed by atoms with E-state index in [2.05, 4.69) is 26.0 Å². The van der Waals surface area contributed by atoms with Crippen molar-refractivity contribution in [2.75, 3.05) is 0 Å². The van der Waals surface area contributed by atoms with Gasteiger partial charge in [0.25, 0.3) is 0 Å². The molecule has 0 aliphatic rings. The first-order valence-electron chi connectivity index (χ1n) is 3.37. The molecule has 0 saturated heterocycles. The lowest BCUT2D eigenvalue weighted by Gasteiger charge is -1.86. The summed E-state index contributed by atoms with van der Waals surface area (Å²) in [5.74, 6) is 0. The molecule has 0 aliphatic carbocycles. The second kappa shape index (κ2) is 2.99. The summed E-state index contributed by atoms with van der Waals surface area (Å²) in [5, 5.41) is 7.13. The van der Waals surface area contributed by atoms with Gasteiger partial charge in [-0.15, -0.1) is 11.3 Å². The van der Waals surface area contributed by atoms with Gasteiger partial charge in [0.05, 0.1) is 0 Å². The number of hydrogen-bond acceptors (Lipinski definition) is 3. The van der Waals surface area contributed by atoms with E-state index >= 15 is 0 Å². The van der Waals surface area contributed by atoms with Gasteiger partial charge in [-0.25, -0.2) is 4.98 Å². The van der Waals surface area contributed by atoms with E-state index < -0.39 is 0 Å². The van der Waals surface area contributed by atoms with Crippen molar-refractivity contribution in [1.82, 2.24) is 14.8 Å². The minimum atomic E-state index is 0.869. The van der Waals surface area contributed by atoms with Gasteiger partial charge in [0.1, 0.15) is 15.3 Å². The number of nitrogens with zero attached hydrogens (tertiary/aromatic N) is 3. The highest BCUT2D eigenvalue weighted by Crippen LogP contribution is 2.23. The second-order valence-corrected chi connectivity index (χ2v) is 4.02. The number of aromatic nitrogens is 3. The maximum absolute atomic E-state index is 4.25.